The Kier molecular flexibility index (Phi) is 7.85. The lowest BCUT2D eigenvalue weighted by molar-refractivity contribution is -0.141. The number of rotatable bonds is 7. The molecule has 1 aliphatic heterocycles. The highest BCUT2D eigenvalue weighted by atomic mass is 19.4. The van der Waals surface area contributed by atoms with Crippen LogP contribution in [0.4, 0.5) is 19.1 Å². The Morgan fingerprint density at radius 3 is 2.50 bits per heavy atom. The first-order valence-electron chi connectivity index (χ1n) is 9.56. The average Bonchev–Trinajstić information content (AvgIpc) is 2.67. The minimum atomic E-state index is -4.48. The maximum absolute atomic E-state index is 12.7. The molecule has 158 valence electrons. The van der Waals surface area contributed by atoms with Gasteiger partial charge in [-0.2, -0.15) is 13.2 Å². The zero-order valence-electron chi connectivity index (χ0n) is 16.7. The molecule has 0 unspecified atom stereocenters. The summed E-state index contributed by atoms with van der Waals surface area (Å²) in [6.07, 6.45) is 0.380. The quantitative estimate of drug-likeness (QED) is 0.370. The molecular weight excluding hydrogens is 371 g/mol. The van der Waals surface area contributed by atoms with E-state index >= 15 is 0 Å². The van der Waals surface area contributed by atoms with Crippen LogP contribution in [0.25, 0.3) is 0 Å². The zero-order chi connectivity index (χ0) is 20.6. The van der Waals surface area contributed by atoms with E-state index in [-0.39, 0.29) is 11.5 Å². The lowest BCUT2D eigenvalue weighted by atomic mass is 9.98. The van der Waals surface area contributed by atoms with Crippen molar-refractivity contribution in [3.05, 3.63) is 18.0 Å². The summed E-state index contributed by atoms with van der Waals surface area (Å²) in [5.74, 6) is 0.600. The van der Waals surface area contributed by atoms with Gasteiger partial charge in [-0.3, -0.25) is 9.89 Å². The van der Waals surface area contributed by atoms with Gasteiger partial charge in [0, 0.05) is 38.4 Å². The number of piperidine rings is 1. The molecular formula is C18H30F3N7. The fourth-order valence-electron chi connectivity index (χ4n) is 3.09. The van der Waals surface area contributed by atoms with E-state index in [1.54, 1.807) is 7.05 Å². The van der Waals surface area contributed by atoms with E-state index in [0.29, 0.717) is 19.0 Å². The molecule has 0 atom stereocenters. The Labute approximate surface area is 164 Å². The third-order valence-corrected chi connectivity index (χ3v) is 4.77. The molecule has 1 aliphatic rings. The molecule has 28 heavy (non-hydrogen) atoms. The molecule has 2 rings (SSSR count). The molecule has 0 aromatic carbocycles. The van der Waals surface area contributed by atoms with Crippen LogP contribution in [0.15, 0.2) is 17.3 Å². The second-order valence-corrected chi connectivity index (χ2v) is 7.40. The van der Waals surface area contributed by atoms with E-state index in [4.69, 9.17) is 0 Å². The molecule has 1 aromatic rings. The van der Waals surface area contributed by atoms with Crippen LogP contribution in [-0.2, 0) is 6.18 Å². The van der Waals surface area contributed by atoms with E-state index < -0.39 is 11.9 Å². The summed E-state index contributed by atoms with van der Waals surface area (Å²) in [7, 11) is 1.69. The molecule has 2 heterocycles. The van der Waals surface area contributed by atoms with Crippen LogP contribution < -0.4 is 16.0 Å². The maximum atomic E-state index is 12.7. The number of likely N-dealkylation sites (tertiary alicyclic amines) is 1. The van der Waals surface area contributed by atoms with E-state index in [9.17, 15) is 13.2 Å². The first kappa shape index (κ1) is 22.2. The van der Waals surface area contributed by atoms with E-state index in [1.165, 1.54) is 19.3 Å². The topological polar surface area (TPSA) is 77.5 Å². The van der Waals surface area contributed by atoms with Crippen molar-refractivity contribution in [2.24, 2.45) is 4.99 Å². The zero-order valence-corrected chi connectivity index (χ0v) is 16.7. The summed E-state index contributed by atoms with van der Waals surface area (Å²) in [4.78, 5) is 14.0. The third-order valence-electron chi connectivity index (χ3n) is 4.77. The number of hydrogen-bond acceptors (Lipinski definition) is 5. The Balaban J connectivity index is 1.74. The van der Waals surface area contributed by atoms with Crippen LogP contribution >= 0.6 is 0 Å². The van der Waals surface area contributed by atoms with Gasteiger partial charge < -0.3 is 16.0 Å². The Bertz CT molecular complexity index is 640. The number of guanidine groups is 1. The molecule has 0 amide bonds. The summed E-state index contributed by atoms with van der Waals surface area (Å²) < 4.78 is 38.0. The highest BCUT2D eigenvalue weighted by Gasteiger charge is 2.32. The van der Waals surface area contributed by atoms with Crippen molar-refractivity contribution in [1.29, 1.82) is 0 Å². The number of aliphatic imine (C=N–C) groups is 1. The fourth-order valence-corrected chi connectivity index (χ4v) is 3.09. The minimum absolute atomic E-state index is 0.0160. The third kappa shape index (κ3) is 6.81. The summed E-state index contributed by atoms with van der Waals surface area (Å²) in [5.41, 5.74) is -0.947. The van der Waals surface area contributed by atoms with Gasteiger partial charge in [-0.05, 0) is 45.8 Å². The molecule has 1 aromatic heterocycles. The van der Waals surface area contributed by atoms with E-state index in [2.05, 4.69) is 49.7 Å². The lowest BCUT2D eigenvalue weighted by Gasteiger charge is -2.41. The van der Waals surface area contributed by atoms with Crippen molar-refractivity contribution < 1.29 is 13.2 Å². The Hall–Kier alpha value is -2.10. The van der Waals surface area contributed by atoms with Gasteiger partial charge in [0.25, 0.3) is 0 Å². The van der Waals surface area contributed by atoms with Gasteiger partial charge >= 0.3 is 6.18 Å². The number of nitrogens with zero attached hydrogens (tertiary/aromatic N) is 4. The van der Waals surface area contributed by atoms with Crippen molar-refractivity contribution >= 4 is 11.9 Å². The van der Waals surface area contributed by atoms with Gasteiger partial charge in [0.2, 0.25) is 5.95 Å². The molecule has 10 heteroatoms. The number of aromatic nitrogens is 2. The van der Waals surface area contributed by atoms with Crippen molar-refractivity contribution in [3.63, 3.8) is 0 Å². The summed E-state index contributed by atoms with van der Waals surface area (Å²) in [6, 6.07) is 0.847. The van der Waals surface area contributed by atoms with Gasteiger partial charge in [0.05, 0.1) is 0 Å². The molecule has 0 saturated carbocycles. The van der Waals surface area contributed by atoms with Gasteiger partial charge in [0.15, 0.2) is 5.96 Å². The molecule has 0 aliphatic carbocycles. The van der Waals surface area contributed by atoms with E-state index in [1.807, 2.05) is 0 Å². The largest absolute Gasteiger partial charge is 0.433 e. The summed E-state index contributed by atoms with van der Waals surface area (Å²) in [6.45, 7) is 8.22. The molecule has 0 bridgehead atoms. The van der Waals surface area contributed by atoms with Crippen LogP contribution in [0, 0.1) is 0 Å². The Morgan fingerprint density at radius 2 is 1.86 bits per heavy atom. The van der Waals surface area contributed by atoms with Gasteiger partial charge in [0.1, 0.15) is 5.69 Å². The predicted molar refractivity (Wildman–Crippen MR) is 104 cm³/mol. The molecule has 3 N–H and O–H groups in total. The summed E-state index contributed by atoms with van der Waals surface area (Å²) in [5, 5.41) is 9.25. The smallest absolute Gasteiger partial charge is 0.355 e. The number of alkyl halides is 3. The second-order valence-electron chi connectivity index (χ2n) is 7.40. The van der Waals surface area contributed by atoms with Crippen LogP contribution in [0.2, 0.25) is 0 Å². The van der Waals surface area contributed by atoms with Gasteiger partial charge in [-0.1, -0.05) is 6.42 Å². The van der Waals surface area contributed by atoms with Crippen LogP contribution in [0.5, 0.6) is 0 Å². The van der Waals surface area contributed by atoms with Crippen molar-refractivity contribution in [1.82, 2.24) is 25.5 Å². The molecule has 0 spiro atoms. The van der Waals surface area contributed by atoms with Gasteiger partial charge in [-0.15, -0.1) is 0 Å². The summed E-state index contributed by atoms with van der Waals surface area (Å²) >= 11 is 0. The SMILES string of the molecule is CN=C(NCCNc1nccc(C(F)(F)F)n1)NCC(C)(C)N1CCCCC1. The maximum Gasteiger partial charge on any atom is 0.433 e. The second kappa shape index (κ2) is 9.90. The van der Waals surface area contributed by atoms with Crippen LogP contribution in [0.1, 0.15) is 38.8 Å². The number of anilines is 1. The minimum Gasteiger partial charge on any atom is -0.355 e. The molecule has 1 fully saturated rings. The van der Waals surface area contributed by atoms with Crippen LogP contribution in [-0.4, -0.2) is 66.1 Å². The number of hydrogen-bond donors (Lipinski definition) is 3. The Morgan fingerprint density at radius 1 is 1.14 bits per heavy atom. The highest BCUT2D eigenvalue weighted by Crippen LogP contribution is 2.27. The van der Waals surface area contributed by atoms with Crippen molar-refractivity contribution in [2.45, 2.75) is 44.8 Å². The standard InChI is InChI=1S/C18H30F3N7/c1-17(2,28-11-5-4-6-12-28)13-26-15(22-3)24-9-10-25-16-23-8-7-14(27-16)18(19,20)21/h7-8H,4-6,9-13H2,1-3H3,(H2,22,24,26)(H,23,25,27). The first-order chi connectivity index (χ1) is 13.2. The predicted octanol–water partition coefficient (Wildman–Crippen LogP) is 2.34. The van der Waals surface area contributed by atoms with Gasteiger partial charge in [-0.25, -0.2) is 9.97 Å². The first-order valence-corrected chi connectivity index (χ1v) is 9.56. The molecule has 0 radical (unpaired) electrons. The average molecular weight is 401 g/mol. The lowest BCUT2D eigenvalue weighted by Crippen LogP contribution is -2.55. The number of nitrogens with one attached hydrogen (secondary N) is 3. The molecule has 7 nitrogen and oxygen atoms in total. The monoisotopic (exact) mass is 401 g/mol. The number of halogens is 3. The van der Waals surface area contributed by atoms with Crippen LogP contribution in [0.3, 0.4) is 0 Å². The fraction of sp³-hybridized carbons (Fsp3) is 0.722. The highest BCUT2D eigenvalue weighted by molar-refractivity contribution is 5.79. The van der Waals surface area contributed by atoms with Crippen molar-refractivity contribution in [2.75, 3.05) is 45.1 Å². The van der Waals surface area contributed by atoms with Crippen molar-refractivity contribution in [3.8, 4) is 0 Å². The molecule has 1 saturated heterocycles. The normalized spacial score (nSPS) is 16.7. The van der Waals surface area contributed by atoms with E-state index in [0.717, 1.165) is 31.9 Å².